The topological polar surface area (TPSA) is 120 Å². The molecule has 0 spiro atoms. The maximum absolute atomic E-state index is 6.40. The maximum Gasteiger partial charge on any atom is 0.227 e. The molecule has 4 heterocycles. The fraction of sp³-hybridized carbons (Fsp3) is 0.462. The van der Waals surface area contributed by atoms with Gasteiger partial charge in [0.15, 0.2) is 17.0 Å². The molecule has 0 aromatic carbocycles. The molecule has 0 amide bonds. The minimum atomic E-state index is 0.124. The largest absolute Gasteiger partial charge is 0.472 e. The molecule has 0 bridgehead atoms. The third-order valence-electron chi connectivity index (χ3n) is 7.38. The Morgan fingerprint density at radius 1 is 1.00 bits per heavy atom. The third-order valence-corrected chi connectivity index (χ3v) is 7.38. The Hall–Kier alpha value is -3.46. The fourth-order valence-electron chi connectivity index (χ4n) is 5.35. The van der Waals surface area contributed by atoms with Crippen LogP contribution in [0.25, 0.3) is 22.4 Å². The number of pyridine rings is 1. The molecule has 0 saturated heterocycles. The summed E-state index contributed by atoms with van der Waals surface area (Å²) in [7, 11) is 0. The quantitative estimate of drug-likeness (QED) is 0.348. The van der Waals surface area contributed by atoms with Gasteiger partial charge in [0.25, 0.3) is 0 Å². The van der Waals surface area contributed by atoms with E-state index in [4.69, 9.17) is 25.1 Å². The van der Waals surface area contributed by atoms with Crippen LogP contribution in [-0.4, -0.2) is 36.6 Å². The number of hydrogen-bond donors (Lipinski definition) is 3. The Bertz CT molecular complexity index is 1260. The molecule has 2 aliphatic rings. The third kappa shape index (κ3) is 4.60. The van der Waals surface area contributed by atoms with E-state index in [0.29, 0.717) is 18.5 Å². The van der Waals surface area contributed by atoms with Crippen molar-refractivity contribution in [1.29, 1.82) is 0 Å². The van der Waals surface area contributed by atoms with E-state index < -0.39 is 0 Å². The zero-order chi connectivity index (χ0) is 23.6. The summed E-state index contributed by atoms with van der Waals surface area (Å²) in [5, 5.41) is 7.04. The van der Waals surface area contributed by atoms with Crippen LogP contribution in [0.15, 0.2) is 47.7 Å². The van der Waals surface area contributed by atoms with E-state index in [2.05, 4.69) is 26.3 Å². The molecule has 9 heteroatoms. The van der Waals surface area contributed by atoms with Crippen LogP contribution in [0.5, 0.6) is 0 Å². The number of rotatable bonds is 7. The van der Waals surface area contributed by atoms with Crippen molar-refractivity contribution in [3.05, 3.63) is 48.8 Å². The fourth-order valence-corrected chi connectivity index (χ4v) is 5.35. The minimum Gasteiger partial charge on any atom is -0.472 e. The lowest BCUT2D eigenvalue weighted by molar-refractivity contribution is 0.402. The summed E-state index contributed by atoms with van der Waals surface area (Å²) in [5.41, 5.74) is 11.0. The van der Waals surface area contributed by atoms with Gasteiger partial charge < -0.3 is 25.4 Å². The number of nitrogens with zero attached hydrogens (tertiary/aromatic N) is 5. The van der Waals surface area contributed by atoms with Crippen LogP contribution in [0.4, 0.5) is 11.8 Å². The van der Waals surface area contributed by atoms with Gasteiger partial charge in [-0.3, -0.25) is 4.98 Å². The first kappa shape index (κ1) is 22.0. The van der Waals surface area contributed by atoms with Gasteiger partial charge in [-0.2, -0.15) is 9.97 Å². The zero-order valence-corrected chi connectivity index (χ0v) is 19.9. The van der Waals surface area contributed by atoms with Gasteiger partial charge >= 0.3 is 0 Å². The van der Waals surface area contributed by atoms with E-state index >= 15 is 0 Å². The molecule has 2 fully saturated rings. The number of hydrogen-bond acceptors (Lipinski definition) is 8. The molecule has 2 unspecified atom stereocenters. The van der Waals surface area contributed by atoms with Crippen LogP contribution in [0.1, 0.15) is 63.0 Å². The number of anilines is 2. The smallest absolute Gasteiger partial charge is 0.227 e. The van der Waals surface area contributed by atoms with Crippen molar-refractivity contribution in [2.45, 2.75) is 76.0 Å². The average Bonchev–Trinajstić information content (AvgIpc) is 3.66. The van der Waals surface area contributed by atoms with E-state index in [9.17, 15) is 0 Å². The average molecular weight is 473 g/mol. The van der Waals surface area contributed by atoms with E-state index in [1.54, 1.807) is 12.5 Å². The van der Waals surface area contributed by atoms with Gasteiger partial charge in [-0.1, -0.05) is 31.7 Å². The SMILES string of the molecule is NC1CCCCC1Nc1nc(NCc2ccc(-c3ccoc3)nc2)c2ncn(C3CCCC3)c2n1. The van der Waals surface area contributed by atoms with Crippen molar-refractivity contribution in [2.24, 2.45) is 5.73 Å². The maximum atomic E-state index is 6.40. The molecule has 4 N–H and O–H groups in total. The van der Waals surface area contributed by atoms with Gasteiger partial charge in [0.1, 0.15) is 0 Å². The van der Waals surface area contributed by atoms with E-state index in [-0.39, 0.29) is 12.1 Å². The second kappa shape index (κ2) is 9.65. The molecular weight excluding hydrogens is 440 g/mol. The van der Waals surface area contributed by atoms with Crippen molar-refractivity contribution >= 4 is 22.9 Å². The van der Waals surface area contributed by atoms with Crippen LogP contribution in [0, 0.1) is 0 Å². The first-order valence-electron chi connectivity index (χ1n) is 12.7. The van der Waals surface area contributed by atoms with Crippen LogP contribution in [0.2, 0.25) is 0 Å². The summed E-state index contributed by atoms with van der Waals surface area (Å²) in [6, 6.07) is 6.75. The monoisotopic (exact) mass is 472 g/mol. The number of fused-ring (bicyclic) bond motifs is 1. The highest BCUT2D eigenvalue weighted by Gasteiger charge is 2.25. The number of furan rings is 1. The zero-order valence-electron chi connectivity index (χ0n) is 19.9. The highest BCUT2D eigenvalue weighted by atomic mass is 16.3. The van der Waals surface area contributed by atoms with Crippen molar-refractivity contribution < 1.29 is 4.42 Å². The molecule has 0 radical (unpaired) electrons. The lowest BCUT2D eigenvalue weighted by atomic mass is 9.91. The molecule has 2 aliphatic carbocycles. The molecule has 2 saturated carbocycles. The van der Waals surface area contributed by atoms with Gasteiger partial charge in [-0.25, -0.2) is 4.98 Å². The van der Waals surface area contributed by atoms with E-state index in [1.165, 1.54) is 38.5 Å². The van der Waals surface area contributed by atoms with Crippen molar-refractivity contribution in [1.82, 2.24) is 24.5 Å². The summed E-state index contributed by atoms with van der Waals surface area (Å²) in [6.45, 7) is 0.587. The number of nitrogens with two attached hydrogens (primary N) is 1. The first-order chi connectivity index (χ1) is 17.2. The molecule has 9 nitrogen and oxygen atoms in total. The highest BCUT2D eigenvalue weighted by molar-refractivity contribution is 5.84. The van der Waals surface area contributed by atoms with Crippen LogP contribution in [0.3, 0.4) is 0 Å². The first-order valence-corrected chi connectivity index (χ1v) is 12.7. The molecule has 182 valence electrons. The predicted molar refractivity (Wildman–Crippen MR) is 136 cm³/mol. The molecule has 0 aliphatic heterocycles. The lowest BCUT2D eigenvalue weighted by Gasteiger charge is -2.29. The second-order valence-electron chi connectivity index (χ2n) is 9.77. The molecule has 4 aromatic heterocycles. The van der Waals surface area contributed by atoms with Gasteiger partial charge in [0, 0.05) is 36.4 Å². The number of imidazole rings is 1. The summed E-state index contributed by atoms with van der Waals surface area (Å²) in [4.78, 5) is 19.1. The summed E-state index contributed by atoms with van der Waals surface area (Å²) in [6.07, 6.45) is 16.5. The Balaban J connectivity index is 1.27. The molecule has 2 atom stereocenters. The Morgan fingerprint density at radius 3 is 2.63 bits per heavy atom. The number of nitrogens with one attached hydrogen (secondary N) is 2. The Morgan fingerprint density at radius 2 is 1.86 bits per heavy atom. The van der Waals surface area contributed by atoms with E-state index in [0.717, 1.165) is 46.6 Å². The molecule has 4 aromatic rings. The van der Waals surface area contributed by atoms with E-state index in [1.807, 2.05) is 24.7 Å². The standard InChI is InChI=1S/C26H32N8O/c27-20-7-3-4-8-22(20)31-26-32-24(23-25(33-26)34(16-30-23)19-5-1-2-6-19)29-14-17-9-10-21(28-13-17)18-11-12-35-15-18/h9-13,15-16,19-20,22H,1-8,14,27H2,(H2,29,31,32,33). The minimum absolute atomic E-state index is 0.124. The van der Waals surface area contributed by atoms with Gasteiger partial charge in [-0.05, 0) is 43.4 Å². The van der Waals surface area contributed by atoms with Gasteiger partial charge in [0.05, 0.1) is 24.5 Å². The Labute approximate surface area is 204 Å². The van der Waals surface area contributed by atoms with Crippen LogP contribution >= 0.6 is 0 Å². The van der Waals surface area contributed by atoms with Crippen LogP contribution in [-0.2, 0) is 6.54 Å². The van der Waals surface area contributed by atoms with Crippen molar-refractivity contribution in [3.63, 3.8) is 0 Å². The molecule has 6 rings (SSSR count). The Kier molecular flexibility index (Phi) is 6.08. The second-order valence-corrected chi connectivity index (χ2v) is 9.77. The molecular formula is C26H32N8O. The summed E-state index contributed by atoms with van der Waals surface area (Å²) < 4.78 is 7.41. The van der Waals surface area contributed by atoms with Gasteiger partial charge in [0.2, 0.25) is 5.95 Å². The van der Waals surface area contributed by atoms with Gasteiger partial charge in [-0.15, -0.1) is 0 Å². The van der Waals surface area contributed by atoms with Crippen molar-refractivity contribution in [3.8, 4) is 11.3 Å². The normalized spacial score (nSPS) is 20.9. The summed E-state index contributed by atoms with van der Waals surface area (Å²) >= 11 is 0. The number of aromatic nitrogens is 5. The predicted octanol–water partition coefficient (Wildman–Crippen LogP) is 4.89. The molecule has 35 heavy (non-hydrogen) atoms. The summed E-state index contributed by atoms with van der Waals surface area (Å²) in [5.74, 6) is 1.35. The highest BCUT2D eigenvalue weighted by Crippen LogP contribution is 2.33. The van der Waals surface area contributed by atoms with Crippen molar-refractivity contribution in [2.75, 3.05) is 10.6 Å². The lowest BCUT2D eigenvalue weighted by Crippen LogP contribution is -2.43. The van der Waals surface area contributed by atoms with Crippen LogP contribution < -0.4 is 16.4 Å².